The molecule has 23 heavy (non-hydrogen) atoms. The van der Waals surface area contributed by atoms with Crippen molar-refractivity contribution in [3.63, 3.8) is 0 Å². The van der Waals surface area contributed by atoms with Gasteiger partial charge in [0.05, 0.1) is 0 Å². The number of hydrogen-bond donors (Lipinski definition) is 2. The lowest BCUT2D eigenvalue weighted by Crippen LogP contribution is -2.35. The van der Waals surface area contributed by atoms with Gasteiger partial charge in [-0.1, -0.05) is 24.6 Å². The molecule has 1 unspecified atom stereocenters. The first-order valence-electron chi connectivity index (χ1n) is 7.93. The zero-order valence-corrected chi connectivity index (χ0v) is 14.3. The Morgan fingerprint density at radius 2 is 2.17 bits per heavy atom. The third-order valence-corrected chi connectivity index (χ3v) is 4.51. The third kappa shape index (κ3) is 3.50. The van der Waals surface area contributed by atoms with Gasteiger partial charge in [0, 0.05) is 23.8 Å². The van der Waals surface area contributed by atoms with Crippen LogP contribution < -0.4 is 16.0 Å². The third-order valence-electron chi connectivity index (χ3n) is 4.27. The molecule has 5 nitrogen and oxygen atoms in total. The smallest absolute Gasteiger partial charge is 0.159 e. The molecular formula is C17H22ClN5. The molecule has 0 radical (unpaired) electrons. The zero-order chi connectivity index (χ0) is 16.4. The number of piperidine rings is 1. The number of benzene rings is 1. The molecule has 3 rings (SSSR count). The Bertz CT molecular complexity index is 703. The van der Waals surface area contributed by atoms with Gasteiger partial charge in [0.1, 0.15) is 12.0 Å². The van der Waals surface area contributed by atoms with E-state index in [4.69, 9.17) is 17.3 Å². The first kappa shape index (κ1) is 15.9. The van der Waals surface area contributed by atoms with Crippen LogP contribution >= 0.6 is 11.6 Å². The van der Waals surface area contributed by atoms with Gasteiger partial charge in [0.15, 0.2) is 11.6 Å². The summed E-state index contributed by atoms with van der Waals surface area (Å²) in [5, 5.41) is 3.96. The average Bonchev–Trinajstić information content (AvgIpc) is 2.53. The van der Waals surface area contributed by atoms with Gasteiger partial charge in [-0.15, -0.1) is 0 Å². The van der Waals surface area contributed by atoms with E-state index in [0.29, 0.717) is 22.4 Å². The molecule has 0 bridgehead atoms. The Morgan fingerprint density at radius 1 is 1.35 bits per heavy atom. The molecule has 1 aromatic heterocycles. The van der Waals surface area contributed by atoms with Crippen LogP contribution in [0.15, 0.2) is 24.5 Å². The molecule has 0 amide bonds. The number of aryl methyl sites for hydroxylation is 1. The highest BCUT2D eigenvalue weighted by Gasteiger charge is 2.21. The van der Waals surface area contributed by atoms with E-state index in [1.54, 1.807) is 6.33 Å². The number of halogens is 1. The Kier molecular flexibility index (Phi) is 4.57. The maximum absolute atomic E-state index is 6.33. The Balaban J connectivity index is 1.89. The molecule has 1 fully saturated rings. The van der Waals surface area contributed by atoms with E-state index in [0.717, 1.165) is 30.2 Å². The maximum Gasteiger partial charge on any atom is 0.159 e. The monoisotopic (exact) mass is 331 g/mol. The second kappa shape index (κ2) is 6.62. The zero-order valence-electron chi connectivity index (χ0n) is 13.5. The van der Waals surface area contributed by atoms with Gasteiger partial charge < -0.3 is 16.0 Å². The van der Waals surface area contributed by atoms with Crippen LogP contribution in [0.5, 0.6) is 0 Å². The topological polar surface area (TPSA) is 67.1 Å². The van der Waals surface area contributed by atoms with E-state index < -0.39 is 0 Å². The standard InChI is InChI=1S/C17H22ClN5/c1-11-4-3-7-23(9-11)17-15(19)16(20-10-21-17)22-14-8-13(18)6-5-12(14)2/h5-6,8,10-11H,3-4,7,9,19H2,1-2H3,(H,20,21,22). The van der Waals surface area contributed by atoms with E-state index in [9.17, 15) is 0 Å². The molecule has 0 saturated carbocycles. The lowest BCUT2D eigenvalue weighted by atomic mass is 10.0. The molecule has 1 saturated heterocycles. The fourth-order valence-corrected chi connectivity index (χ4v) is 3.15. The van der Waals surface area contributed by atoms with Crippen molar-refractivity contribution in [3.8, 4) is 0 Å². The lowest BCUT2D eigenvalue weighted by molar-refractivity contribution is 0.445. The molecule has 3 N–H and O–H groups in total. The Morgan fingerprint density at radius 3 is 2.96 bits per heavy atom. The van der Waals surface area contributed by atoms with Crippen LogP contribution in [0, 0.1) is 12.8 Å². The van der Waals surface area contributed by atoms with Crippen LogP contribution in [0.25, 0.3) is 0 Å². The summed E-state index contributed by atoms with van der Waals surface area (Å²) in [6, 6.07) is 5.71. The van der Waals surface area contributed by atoms with Gasteiger partial charge in [-0.05, 0) is 43.4 Å². The highest BCUT2D eigenvalue weighted by atomic mass is 35.5. The molecule has 2 heterocycles. The van der Waals surface area contributed by atoms with Gasteiger partial charge in [0.2, 0.25) is 0 Å². The van der Waals surface area contributed by atoms with Crippen LogP contribution in [-0.2, 0) is 0 Å². The van der Waals surface area contributed by atoms with E-state index in [2.05, 4.69) is 27.1 Å². The highest BCUT2D eigenvalue weighted by Crippen LogP contribution is 2.32. The number of nitrogen functional groups attached to an aromatic ring is 1. The molecule has 1 aromatic carbocycles. The maximum atomic E-state index is 6.33. The Hall–Kier alpha value is -2.01. The minimum atomic E-state index is 0.584. The van der Waals surface area contributed by atoms with Crippen molar-refractivity contribution in [2.75, 3.05) is 29.0 Å². The quantitative estimate of drug-likeness (QED) is 0.889. The summed E-state index contributed by atoms with van der Waals surface area (Å²) in [6.45, 7) is 6.25. The van der Waals surface area contributed by atoms with Crippen molar-refractivity contribution >= 4 is 34.6 Å². The second-order valence-corrected chi connectivity index (χ2v) is 6.67. The van der Waals surface area contributed by atoms with Gasteiger partial charge in [-0.25, -0.2) is 9.97 Å². The molecular weight excluding hydrogens is 310 g/mol. The summed E-state index contributed by atoms with van der Waals surface area (Å²) < 4.78 is 0. The van der Waals surface area contributed by atoms with E-state index in [1.165, 1.54) is 12.8 Å². The summed E-state index contributed by atoms with van der Waals surface area (Å²) in [5.41, 5.74) is 8.91. The van der Waals surface area contributed by atoms with Crippen LogP contribution in [0.3, 0.4) is 0 Å². The van der Waals surface area contributed by atoms with Crippen molar-refractivity contribution < 1.29 is 0 Å². The Labute approximate surface area is 141 Å². The summed E-state index contributed by atoms with van der Waals surface area (Å²) in [6.07, 6.45) is 3.99. The number of nitrogens with two attached hydrogens (primary N) is 1. The van der Waals surface area contributed by atoms with Crippen molar-refractivity contribution in [2.24, 2.45) is 5.92 Å². The minimum Gasteiger partial charge on any atom is -0.393 e. The fraction of sp³-hybridized carbons (Fsp3) is 0.412. The molecule has 2 aromatic rings. The molecule has 122 valence electrons. The van der Waals surface area contributed by atoms with Gasteiger partial charge >= 0.3 is 0 Å². The summed E-state index contributed by atoms with van der Waals surface area (Å²) in [5.74, 6) is 2.09. The molecule has 0 spiro atoms. The van der Waals surface area contributed by atoms with E-state index in [-0.39, 0.29) is 0 Å². The molecule has 6 heteroatoms. The SMILES string of the molecule is Cc1ccc(Cl)cc1Nc1ncnc(N2CCCC(C)C2)c1N. The predicted octanol–water partition coefficient (Wildman–Crippen LogP) is 4.00. The number of anilines is 4. The molecule has 1 aliphatic heterocycles. The van der Waals surface area contributed by atoms with Gasteiger partial charge in [0.25, 0.3) is 0 Å². The fourth-order valence-electron chi connectivity index (χ4n) is 2.98. The number of hydrogen-bond acceptors (Lipinski definition) is 5. The van der Waals surface area contributed by atoms with E-state index in [1.807, 2.05) is 25.1 Å². The van der Waals surface area contributed by atoms with Gasteiger partial charge in [-0.3, -0.25) is 0 Å². The van der Waals surface area contributed by atoms with E-state index >= 15 is 0 Å². The lowest BCUT2D eigenvalue weighted by Gasteiger charge is -2.32. The molecule has 0 aliphatic carbocycles. The first-order valence-corrected chi connectivity index (χ1v) is 8.31. The number of aromatic nitrogens is 2. The van der Waals surface area contributed by atoms with Gasteiger partial charge in [-0.2, -0.15) is 0 Å². The van der Waals surface area contributed by atoms with Crippen molar-refractivity contribution in [1.82, 2.24) is 9.97 Å². The molecule has 1 aliphatic rings. The average molecular weight is 332 g/mol. The normalized spacial score (nSPS) is 18.0. The minimum absolute atomic E-state index is 0.584. The highest BCUT2D eigenvalue weighted by molar-refractivity contribution is 6.30. The largest absolute Gasteiger partial charge is 0.393 e. The van der Waals surface area contributed by atoms with Crippen molar-refractivity contribution in [2.45, 2.75) is 26.7 Å². The van der Waals surface area contributed by atoms with Crippen LogP contribution in [0.4, 0.5) is 23.0 Å². The van der Waals surface area contributed by atoms with Crippen LogP contribution in [0.1, 0.15) is 25.3 Å². The number of nitrogens with zero attached hydrogens (tertiary/aromatic N) is 3. The second-order valence-electron chi connectivity index (χ2n) is 6.24. The first-order chi connectivity index (χ1) is 11.0. The van der Waals surface area contributed by atoms with Crippen LogP contribution in [0.2, 0.25) is 5.02 Å². The summed E-state index contributed by atoms with van der Waals surface area (Å²) in [4.78, 5) is 11.0. The molecule has 1 atom stereocenters. The van der Waals surface area contributed by atoms with Crippen LogP contribution in [-0.4, -0.2) is 23.1 Å². The number of nitrogens with one attached hydrogen (secondary N) is 1. The predicted molar refractivity (Wildman–Crippen MR) is 96.5 cm³/mol. The summed E-state index contributed by atoms with van der Waals surface area (Å²) in [7, 11) is 0. The van der Waals surface area contributed by atoms with Crippen molar-refractivity contribution in [3.05, 3.63) is 35.1 Å². The summed E-state index contributed by atoms with van der Waals surface area (Å²) >= 11 is 6.08. The number of rotatable bonds is 3. The van der Waals surface area contributed by atoms with Crippen molar-refractivity contribution in [1.29, 1.82) is 0 Å².